The van der Waals surface area contributed by atoms with Gasteiger partial charge in [0.05, 0.1) is 5.51 Å². The Labute approximate surface area is 116 Å². The highest BCUT2D eigenvalue weighted by molar-refractivity contribution is 7.09. The van der Waals surface area contributed by atoms with Crippen LogP contribution in [0.1, 0.15) is 10.4 Å². The van der Waals surface area contributed by atoms with Crippen molar-refractivity contribution in [1.82, 2.24) is 10.3 Å². The molecule has 3 N–H and O–H groups in total. The summed E-state index contributed by atoms with van der Waals surface area (Å²) in [4.78, 5) is 5.30. The molecule has 0 atom stereocenters. The van der Waals surface area contributed by atoms with Gasteiger partial charge in [0, 0.05) is 29.9 Å². The van der Waals surface area contributed by atoms with Gasteiger partial charge in [0.25, 0.3) is 0 Å². The largest absolute Gasteiger partial charge is 0.398 e. The van der Waals surface area contributed by atoms with Gasteiger partial charge in [-0.05, 0) is 28.5 Å². The van der Waals surface area contributed by atoms with Crippen LogP contribution in [0.5, 0.6) is 0 Å². The summed E-state index contributed by atoms with van der Waals surface area (Å²) in [6.07, 6.45) is 1.89. The van der Waals surface area contributed by atoms with Crippen LogP contribution in [0.3, 0.4) is 0 Å². The summed E-state index contributed by atoms with van der Waals surface area (Å²) >= 11 is 1.66. The lowest BCUT2D eigenvalue weighted by Crippen LogP contribution is -2.13. The molecule has 19 heavy (non-hydrogen) atoms. The molecule has 0 saturated carbocycles. The monoisotopic (exact) mass is 269 g/mol. The van der Waals surface area contributed by atoms with E-state index in [1.54, 1.807) is 11.3 Å². The Kier molecular flexibility index (Phi) is 3.44. The lowest BCUT2D eigenvalue weighted by molar-refractivity contribution is 0.702. The maximum Gasteiger partial charge on any atom is 0.0794 e. The van der Waals surface area contributed by atoms with Gasteiger partial charge in [-0.25, -0.2) is 0 Å². The lowest BCUT2D eigenvalue weighted by Gasteiger charge is -2.09. The van der Waals surface area contributed by atoms with Gasteiger partial charge in [0.2, 0.25) is 0 Å². The zero-order valence-electron chi connectivity index (χ0n) is 10.5. The Morgan fingerprint density at radius 3 is 2.63 bits per heavy atom. The van der Waals surface area contributed by atoms with E-state index < -0.39 is 0 Å². The number of benzene rings is 2. The number of thiazole rings is 1. The van der Waals surface area contributed by atoms with Gasteiger partial charge in [-0.1, -0.05) is 24.3 Å². The van der Waals surface area contributed by atoms with Crippen molar-refractivity contribution in [2.24, 2.45) is 0 Å². The summed E-state index contributed by atoms with van der Waals surface area (Å²) in [5.41, 5.74) is 9.93. The van der Waals surface area contributed by atoms with Crippen LogP contribution >= 0.6 is 11.3 Å². The van der Waals surface area contributed by atoms with Crippen molar-refractivity contribution in [1.29, 1.82) is 0 Å². The Morgan fingerprint density at radius 2 is 1.89 bits per heavy atom. The van der Waals surface area contributed by atoms with Crippen LogP contribution in [0.4, 0.5) is 5.69 Å². The number of nitrogens with zero attached hydrogens (tertiary/aromatic N) is 1. The summed E-state index contributed by atoms with van der Waals surface area (Å²) in [6, 6.07) is 12.5. The quantitative estimate of drug-likeness (QED) is 0.715. The van der Waals surface area contributed by atoms with Crippen LogP contribution in [0.25, 0.3) is 10.8 Å². The molecular weight excluding hydrogens is 254 g/mol. The first-order valence-corrected chi connectivity index (χ1v) is 7.06. The number of hydrogen-bond donors (Lipinski definition) is 2. The third-order valence-electron chi connectivity index (χ3n) is 3.11. The van der Waals surface area contributed by atoms with Gasteiger partial charge in [-0.2, -0.15) is 0 Å². The first kappa shape index (κ1) is 12.1. The molecule has 0 unspecified atom stereocenters. The Morgan fingerprint density at radius 1 is 1.11 bits per heavy atom. The molecule has 0 bridgehead atoms. The molecule has 3 nitrogen and oxygen atoms in total. The third-order valence-corrected chi connectivity index (χ3v) is 3.89. The Hall–Kier alpha value is -1.91. The maximum atomic E-state index is 6.10. The topological polar surface area (TPSA) is 50.9 Å². The minimum Gasteiger partial charge on any atom is -0.398 e. The SMILES string of the molecule is Nc1cc2ccccc2cc1CNCc1cncs1. The molecule has 0 aliphatic heterocycles. The predicted molar refractivity (Wildman–Crippen MR) is 81.0 cm³/mol. The molecule has 0 fully saturated rings. The van der Waals surface area contributed by atoms with E-state index >= 15 is 0 Å². The summed E-state index contributed by atoms with van der Waals surface area (Å²) in [5, 5.41) is 5.81. The minimum atomic E-state index is 0.772. The third kappa shape index (κ3) is 2.75. The summed E-state index contributed by atoms with van der Waals surface area (Å²) < 4.78 is 0. The Balaban J connectivity index is 1.75. The van der Waals surface area contributed by atoms with Crippen molar-refractivity contribution in [2.75, 3.05) is 5.73 Å². The molecule has 0 spiro atoms. The number of anilines is 1. The van der Waals surface area contributed by atoms with Crippen molar-refractivity contribution < 1.29 is 0 Å². The second kappa shape index (κ2) is 5.38. The minimum absolute atomic E-state index is 0.772. The second-order valence-electron chi connectivity index (χ2n) is 4.47. The van der Waals surface area contributed by atoms with Gasteiger partial charge < -0.3 is 11.1 Å². The number of nitrogens with one attached hydrogen (secondary N) is 1. The van der Waals surface area contributed by atoms with Crippen molar-refractivity contribution >= 4 is 27.8 Å². The van der Waals surface area contributed by atoms with Crippen molar-refractivity contribution in [3.05, 3.63) is 58.5 Å². The van der Waals surface area contributed by atoms with Gasteiger partial charge >= 0.3 is 0 Å². The molecule has 0 amide bonds. The molecule has 2 aromatic carbocycles. The summed E-state index contributed by atoms with van der Waals surface area (Å²) in [7, 11) is 0. The number of nitrogens with two attached hydrogens (primary N) is 1. The lowest BCUT2D eigenvalue weighted by atomic mass is 10.1. The fraction of sp³-hybridized carbons (Fsp3) is 0.133. The molecule has 96 valence electrons. The highest BCUT2D eigenvalue weighted by Crippen LogP contribution is 2.21. The summed E-state index contributed by atoms with van der Waals surface area (Å²) in [6.45, 7) is 1.60. The maximum absolute atomic E-state index is 6.10. The van der Waals surface area contributed by atoms with Crippen LogP contribution in [-0.2, 0) is 13.1 Å². The normalized spacial score (nSPS) is 10.9. The highest BCUT2D eigenvalue weighted by atomic mass is 32.1. The number of aromatic nitrogens is 1. The number of fused-ring (bicyclic) bond motifs is 1. The van der Waals surface area contributed by atoms with Crippen molar-refractivity contribution in [3.63, 3.8) is 0 Å². The van der Waals surface area contributed by atoms with Crippen LogP contribution in [0, 0.1) is 0 Å². The number of rotatable bonds is 4. The summed E-state index contributed by atoms with van der Waals surface area (Å²) in [5.74, 6) is 0. The van der Waals surface area contributed by atoms with Crippen LogP contribution in [-0.4, -0.2) is 4.98 Å². The van der Waals surface area contributed by atoms with E-state index in [-0.39, 0.29) is 0 Å². The zero-order chi connectivity index (χ0) is 13.1. The Bertz CT molecular complexity index is 677. The first-order chi connectivity index (χ1) is 9.33. The van der Waals surface area contributed by atoms with Crippen LogP contribution in [0.15, 0.2) is 48.1 Å². The van der Waals surface area contributed by atoms with Crippen molar-refractivity contribution in [3.8, 4) is 0 Å². The molecule has 4 heteroatoms. The molecule has 1 aromatic heterocycles. The molecular formula is C15H15N3S. The van der Waals surface area contributed by atoms with E-state index in [4.69, 9.17) is 5.73 Å². The van der Waals surface area contributed by atoms with Gasteiger partial charge in [0.15, 0.2) is 0 Å². The van der Waals surface area contributed by atoms with Crippen molar-refractivity contribution in [2.45, 2.75) is 13.1 Å². The molecule has 0 aliphatic rings. The molecule has 0 aliphatic carbocycles. The molecule has 1 heterocycles. The van der Waals surface area contributed by atoms with E-state index in [0.717, 1.165) is 24.3 Å². The smallest absolute Gasteiger partial charge is 0.0794 e. The van der Waals surface area contributed by atoms with Gasteiger partial charge in [-0.15, -0.1) is 11.3 Å². The average Bonchev–Trinajstić information content (AvgIpc) is 2.92. The van der Waals surface area contributed by atoms with Gasteiger partial charge in [-0.3, -0.25) is 4.98 Å². The van der Waals surface area contributed by atoms with E-state index in [1.165, 1.54) is 15.6 Å². The highest BCUT2D eigenvalue weighted by Gasteiger charge is 2.02. The fourth-order valence-electron chi connectivity index (χ4n) is 2.11. The van der Waals surface area contributed by atoms with E-state index in [9.17, 15) is 0 Å². The van der Waals surface area contributed by atoms with Crippen LogP contribution in [0.2, 0.25) is 0 Å². The van der Waals surface area contributed by atoms with Gasteiger partial charge in [0.1, 0.15) is 0 Å². The van der Waals surface area contributed by atoms with E-state index in [2.05, 4.69) is 28.5 Å². The zero-order valence-corrected chi connectivity index (χ0v) is 11.3. The average molecular weight is 269 g/mol. The van der Waals surface area contributed by atoms with Crippen LogP contribution < -0.4 is 11.1 Å². The number of nitrogen functional groups attached to an aromatic ring is 1. The molecule has 0 saturated heterocycles. The predicted octanol–water partition coefficient (Wildman–Crippen LogP) is 3.17. The number of hydrogen-bond acceptors (Lipinski definition) is 4. The van der Waals surface area contributed by atoms with E-state index in [0.29, 0.717) is 0 Å². The molecule has 3 rings (SSSR count). The molecule has 3 aromatic rings. The van der Waals surface area contributed by atoms with E-state index in [1.807, 2.05) is 29.9 Å². The standard InChI is InChI=1S/C15H15N3S/c16-15-6-12-4-2-1-3-11(12)5-13(15)7-17-8-14-9-18-10-19-14/h1-6,9-10,17H,7-8,16H2. The first-order valence-electron chi connectivity index (χ1n) is 6.18. The fourth-order valence-corrected chi connectivity index (χ4v) is 2.67. The second-order valence-corrected chi connectivity index (χ2v) is 5.44. The molecule has 0 radical (unpaired) electrons.